The third-order valence-electron chi connectivity index (χ3n) is 4.54. The van der Waals surface area contributed by atoms with Gasteiger partial charge < -0.3 is 19.6 Å². The van der Waals surface area contributed by atoms with Gasteiger partial charge in [0, 0.05) is 17.1 Å². The van der Waals surface area contributed by atoms with Crippen molar-refractivity contribution in [2.24, 2.45) is 5.92 Å². The molecule has 0 saturated heterocycles. The lowest BCUT2D eigenvalue weighted by Gasteiger charge is -2.22. The fourth-order valence-corrected chi connectivity index (χ4v) is 3.16. The molecular formula is C20H24N4O3. The van der Waals surface area contributed by atoms with E-state index < -0.39 is 11.7 Å². The van der Waals surface area contributed by atoms with Crippen LogP contribution < -0.4 is 5.32 Å². The first kappa shape index (κ1) is 17.6. The number of carbonyl (C=O) groups is 1. The summed E-state index contributed by atoms with van der Waals surface area (Å²) in [4.78, 5) is 20.0. The van der Waals surface area contributed by atoms with E-state index in [1.165, 1.54) is 0 Å². The summed E-state index contributed by atoms with van der Waals surface area (Å²) < 4.78 is 10.8. The number of carbonyl (C=O) groups excluding carboxylic acids is 1. The smallest absolute Gasteiger partial charge is 0.408 e. The molecule has 1 aliphatic rings. The number of hydrogen-bond donors (Lipinski definition) is 2. The number of benzene rings is 1. The number of hydrogen-bond acceptors (Lipinski definition) is 5. The van der Waals surface area contributed by atoms with Crippen molar-refractivity contribution < 1.29 is 14.1 Å². The van der Waals surface area contributed by atoms with Crippen LogP contribution in [0.25, 0.3) is 10.9 Å². The van der Waals surface area contributed by atoms with E-state index in [0.717, 1.165) is 29.3 Å². The van der Waals surface area contributed by atoms with Crippen LogP contribution in [0.4, 0.5) is 4.79 Å². The fraction of sp³-hybridized carbons (Fsp3) is 0.450. The lowest BCUT2D eigenvalue weighted by molar-refractivity contribution is 0.0494. The van der Waals surface area contributed by atoms with Crippen LogP contribution in [-0.4, -0.2) is 26.8 Å². The van der Waals surface area contributed by atoms with Gasteiger partial charge >= 0.3 is 6.09 Å². The Kier molecular flexibility index (Phi) is 4.37. The summed E-state index contributed by atoms with van der Waals surface area (Å²) in [5, 5.41) is 8.16. The molecule has 1 aromatic carbocycles. The van der Waals surface area contributed by atoms with Gasteiger partial charge in [-0.1, -0.05) is 23.4 Å². The summed E-state index contributed by atoms with van der Waals surface area (Å²) in [5.41, 5.74) is 1.63. The Bertz CT molecular complexity index is 949. The molecule has 27 heavy (non-hydrogen) atoms. The van der Waals surface area contributed by atoms with Crippen molar-refractivity contribution in [2.45, 2.75) is 51.7 Å². The molecule has 0 spiro atoms. The number of ether oxygens (including phenoxy) is 1. The molecule has 1 fully saturated rings. The van der Waals surface area contributed by atoms with E-state index in [1.54, 1.807) is 0 Å². The molecule has 1 amide bonds. The molecule has 7 nitrogen and oxygen atoms in total. The van der Waals surface area contributed by atoms with Gasteiger partial charge in [0.05, 0.1) is 12.5 Å². The molecule has 1 aliphatic carbocycles. The lowest BCUT2D eigenvalue weighted by atomic mass is 10.1. The number of amides is 1. The van der Waals surface area contributed by atoms with Crippen molar-refractivity contribution in [3.05, 3.63) is 47.7 Å². The zero-order valence-electron chi connectivity index (χ0n) is 15.8. The first-order valence-corrected chi connectivity index (χ1v) is 9.26. The van der Waals surface area contributed by atoms with Gasteiger partial charge in [0.15, 0.2) is 5.82 Å². The highest BCUT2D eigenvalue weighted by Crippen LogP contribution is 2.40. The van der Waals surface area contributed by atoms with Crippen LogP contribution >= 0.6 is 0 Å². The normalized spacial score (nSPS) is 15.7. The van der Waals surface area contributed by atoms with E-state index in [1.807, 2.05) is 45.2 Å². The van der Waals surface area contributed by atoms with E-state index in [4.69, 9.17) is 9.26 Å². The molecule has 7 heteroatoms. The van der Waals surface area contributed by atoms with E-state index in [-0.39, 0.29) is 6.04 Å². The minimum absolute atomic E-state index is 0.277. The Hall–Kier alpha value is -2.83. The molecule has 3 aromatic rings. The Labute approximate surface area is 157 Å². The van der Waals surface area contributed by atoms with E-state index in [0.29, 0.717) is 24.1 Å². The first-order valence-electron chi connectivity index (χ1n) is 9.26. The molecule has 4 rings (SSSR count). The van der Waals surface area contributed by atoms with Gasteiger partial charge in [-0.25, -0.2) is 4.79 Å². The van der Waals surface area contributed by atoms with Crippen molar-refractivity contribution in [3.63, 3.8) is 0 Å². The minimum atomic E-state index is -0.546. The second kappa shape index (κ2) is 6.72. The van der Waals surface area contributed by atoms with Gasteiger partial charge in [-0.3, -0.25) is 0 Å². The first-order chi connectivity index (χ1) is 12.9. The topological polar surface area (TPSA) is 93.0 Å². The van der Waals surface area contributed by atoms with Crippen LogP contribution in [-0.2, 0) is 11.2 Å². The summed E-state index contributed by atoms with van der Waals surface area (Å²) in [6.07, 6.45) is 4.12. The maximum Gasteiger partial charge on any atom is 0.408 e. The van der Waals surface area contributed by atoms with Gasteiger partial charge in [0.2, 0.25) is 5.89 Å². The molecule has 1 atom stereocenters. The summed E-state index contributed by atoms with van der Waals surface area (Å²) in [5.74, 6) is 1.38. The van der Waals surface area contributed by atoms with Crippen LogP contribution in [0.2, 0.25) is 0 Å². The molecule has 2 heterocycles. The number of aromatic nitrogens is 3. The van der Waals surface area contributed by atoms with Crippen LogP contribution in [0.5, 0.6) is 0 Å². The molecule has 0 radical (unpaired) electrons. The summed E-state index contributed by atoms with van der Waals surface area (Å²) in [7, 11) is 0. The van der Waals surface area contributed by atoms with E-state index in [2.05, 4.69) is 26.5 Å². The molecule has 142 valence electrons. The Morgan fingerprint density at radius 1 is 1.37 bits per heavy atom. The standard InChI is InChI=1S/C20H24N4O3/c1-20(2,3)26-19(25)23-17(12-8-9-12)18-22-16(27-24-18)10-13-11-21-15-7-5-4-6-14(13)15/h4-7,11-12,17,21H,8-10H2,1-3H3,(H,23,25)/t17-/m0/s1. The van der Waals surface area contributed by atoms with Gasteiger partial charge in [-0.2, -0.15) is 4.98 Å². The summed E-state index contributed by atoms with van der Waals surface area (Å²) in [6.45, 7) is 5.52. The van der Waals surface area contributed by atoms with Crippen LogP contribution in [0.1, 0.15) is 56.9 Å². The van der Waals surface area contributed by atoms with Crippen molar-refractivity contribution in [2.75, 3.05) is 0 Å². The molecule has 0 bridgehead atoms. The second-order valence-electron chi connectivity index (χ2n) is 8.04. The molecular weight excluding hydrogens is 344 g/mol. The van der Waals surface area contributed by atoms with Gasteiger partial charge in [-0.05, 0) is 51.2 Å². The average molecular weight is 368 g/mol. The number of nitrogens with one attached hydrogen (secondary N) is 2. The van der Waals surface area contributed by atoms with Crippen LogP contribution in [0.3, 0.4) is 0 Å². The zero-order chi connectivity index (χ0) is 19.0. The van der Waals surface area contributed by atoms with Gasteiger partial charge in [0.25, 0.3) is 0 Å². The average Bonchev–Trinajstić information content (AvgIpc) is 3.21. The Morgan fingerprint density at radius 3 is 2.89 bits per heavy atom. The second-order valence-corrected chi connectivity index (χ2v) is 8.04. The third kappa shape index (κ3) is 4.13. The number of para-hydroxylation sites is 1. The van der Waals surface area contributed by atoms with E-state index >= 15 is 0 Å². The molecule has 2 aromatic heterocycles. The Morgan fingerprint density at radius 2 is 2.15 bits per heavy atom. The number of nitrogens with zero attached hydrogens (tertiary/aromatic N) is 2. The number of aromatic amines is 1. The highest BCUT2D eigenvalue weighted by atomic mass is 16.6. The van der Waals surface area contributed by atoms with Gasteiger partial charge in [0.1, 0.15) is 5.60 Å². The maximum absolute atomic E-state index is 12.2. The SMILES string of the molecule is CC(C)(C)OC(=O)N[C@H](c1noc(Cc2c[nH]c3ccccc23)n1)C1CC1. The monoisotopic (exact) mass is 368 g/mol. The van der Waals surface area contributed by atoms with Gasteiger partial charge in [-0.15, -0.1) is 0 Å². The molecule has 1 saturated carbocycles. The predicted octanol–water partition coefficient (Wildman–Crippen LogP) is 4.12. The summed E-state index contributed by atoms with van der Waals surface area (Å²) in [6, 6.07) is 7.82. The quantitative estimate of drug-likeness (QED) is 0.707. The largest absolute Gasteiger partial charge is 0.444 e. The summed E-state index contributed by atoms with van der Waals surface area (Å²) >= 11 is 0. The minimum Gasteiger partial charge on any atom is -0.444 e. The highest BCUT2D eigenvalue weighted by Gasteiger charge is 2.37. The zero-order valence-corrected chi connectivity index (χ0v) is 15.8. The number of H-pyrrole nitrogens is 1. The number of alkyl carbamates (subject to hydrolysis) is 1. The predicted molar refractivity (Wildman–Crippen MR) is 100 cm³/mol. The molecule has 0 unspecified atom stereocenters. The van der Waals surface area contributed by atoms with Crippen molar-refractivity contribution in [1.29, 1.82) is 0 Å². The van der Waals surface area contributed by atoms with Crippen LogP contribution in [0.15, 0.2) is 35.0 Å². The third-order valence-corrected chi connectivity index (χ3v) is 4.54. The highest BCUT2D eigenvalue weighted by molar-refractivity contribution is 5.83. The molecule has 0 aliphatic heterocycles. The number of fused-ring (bicyclic) bond motifs is 1. The maximum atomic E-state index is 12.2. The molecule has 2 N–H and O–H groups in total. The van der Waals surface area contributed by atoms with Crippen molar-refractivity contribution >= 4 is 17.0 Å². The fourth-order valence-electron chi connectivity index (χ4n) is 3.16. The van der Waals surface area contributed by atoms with E-state index in [9.17, 15) is 4.79 Å². The van der Waals surface area contributed by atoms with Crippen LogP contribution in [0, 0.1) is 5.92 Å². The number of rotatable bonds is 5. The van der Waals surface area contributed by atoms with Crippen molar-refractivity contribution in [1.82, 2.24) is 20.4 Å². The Balaban J connectivity index is 1.49. The van der Waals surface area contributed by atoms with Crippen molar-refractivity contribution in [3.8, 4) is 0 Å². The lowest BCUT2D eigenvalue weighted by Crippen LogP contribution is -2.36.